The molecule has 0 unspecified atom stereocenters. The Hall–Kier alpha value is -3.22. The second-order valence-electron chi connectivity index (χ2n) is 8.09. The largest absolute Gasteiger partial charge is 0.249 e. The monoisotopic (exact) mass is 568 g/mol. The van der Waals surface area contributed by atoms with E-state index in [0.717, 1.165) is 67.9 Å². The van der Waals surface area contributed by atoms with Gasteiger partial charge in [0.05, 0.1) is 45.6 Å². The zero-order valence-corrected chi connectivity index (χ0v) is 21.2. The van der Waals surface area contributed by atoms with E-state index in [2.05, 4.69) is 56.1 Å². The topological polar surface area (TPSA) is 49.4 Å². The third kappa shape index (κ3) is 3.87. The fourth-order valence-electron chi connectivity index (χ4n) is 4.25. The van der Waals surface area contributed by atoms with Crippen LogP contribution in [-0.2, 0) is 0 Å². The zero-order chi connectivity index (χ0) is 23.1. The molecule has 0 atom stereocenters. The Labute approximate surface area is 214 Å². The average molecular weight is 570 g/mol. The van der Waals surface area contributed by atoms with Crippen molar-refractivity contribution in [2.24, 2.45) is 20.0 Å². The van der Waals surface area contributed by atoms with Crippen molar-refractivity contribution in [3.8, 4) is 0 Å². The highest BCUT2D eigenvalue weighted by atomic mass is 79.9. The number of hydrogen-bond donors (Lipinski definition) is 0. The van der Waals surface area contributed by atoms with Crippen LogP contribution in [0.4, 0.5) is 0 Å². The molecule has 5 heterocycles. The molecule has 6 rings (SSSR count). The Balaban J connectivity index is 1.58. The van der Waals surface area contributed by atoms with Crippen molar-refractivity contribution >= 4 is 60.3 Å². The van der Waals surface area contributed by atoms with Gasteiger partial charge in [-0.05, 0) is 60.2 Å². The average Bonchev–Trinajstić information content (AvgIpc) is 3.65. The number of allylic oxidation sites excluding steroid dienone is 12. The minimum Gasteiger partial charge on any atom is -0.249 e. The summed E-state index contributed by atoms with van der Waals surface area (Å²) in [5.74, 6) is 0. The van der Waals surface area contributed by atoms with Crippen molar-refractivity contribution in [2.45, 2.75) is 0 Å². The lowest BCUT2D eigenvalue weighted by Gasteiger charge is -2.05. The molecule has 0 spiro atoms. The molecule has 34 heavy (non-hydrogen) atoms. The first-order valence-electron chi connectivity index (χ1n) is 10.9. The molecule has 0 radical (unpaired) electrons. The molecule has 164 valence electrons. The number of halogens is 2. The van der Waals surface area contributed by atoms with Crippen molar-refractivity contribution in [1.82, 2.24) is 0 Å². The molecule has 8 bridgehead atoms. The summed E-state index contributed by atoms with van der Waals surface area (Å²) in [7, 11) is 0. The highest BCUT2D eigenvalue weighted by molar-refractivity contribution is 9.09. The van der Waals surface area contributed by atoms with Gasteiger partial charge in [-0.1, -0.05) is 62.2 Å². The fraction of sp³-hybridized carbons (Fsp3) is 0.0714. The predicted octanol–water partition coefficient (Wildman–Crippen LogP) is 6.64. The smallest absolute Gasteiger partial charge is 0.0737 e. The lowest BCUT2D eigenvalue weighted by molar-refractivity contribution is 1.35. The van der Waals surface area contributed by atoms with Gasteiger partial charge in [-0.3, -0.25) is 0 Å². The molecule has 0 amide bonds. The summed E-state index contributed by atoms with van der Waals surface area (Å²) in [5.41, 5.74) is 11.5. The lowest BCUT2D eigenvalue weighted by atomic mass is 10.0. The second kappa shape index (κ2) is 8.85. The molecule has 0 saturated heterocycles. The van der Waals surface area contributed by atoms with E-state index < -0.39 is 0 Å². The van der Waals surface area contributed by atoms with Crippen molar-refractivity contribution in [1.29, 1.82) is 0 Å². The zero-order valence-electron chi connectivity index (χ0n) is 18.0. The quantitative estimate of drug-likeness (QED) is 0.367. The Bertz CT molecular complexity index is 1480. The van der Waals surface area contributed by atoms with Gasteiger partial charge in [0.1, 0.15) is 0 Å². The molecular formula is C28H18Br2N4. The first-order chi connectivity index (χ1) is 16.7. The molecule has 4 nitrogen and oxygen atoms in total. The fourth-order valence-corrected chi connectivity index (χ4v) is 5.40. The Morgan fingerprint density at radius 3 is 1.97 bits per heavy atom. The molecule has 0 aliphatic carbocycles. The maximum absolute atomic E-state index is 5.05. The highest BCUT2D eigenvalue weighted by Crippen LogP contribution is 2.34. The van der Waals surface area contributed by atoms with Crippen LogP contribution in [0.1, 0.15) is 5.56 Å². The summed E-state index contributed by atoms with van der Waals surface area (Å²) >= 11 is 7.31. The van der Waals surface area contributed by atoms with Gasteiger partial charge >= 0.3 is 0 Å². The Kier molecular flexibility index (Phi) is 5.55. The van der Waals surface area contributed by atoms with Gasteiger partial charge in [0.15, 0.2) is 0 Å². The number of aliphatic imine (C=N–C) groups is 4. The molecule has 6 heteroatoms. The number of nitrogens with zero attached hydrogens (tertiary/aromatic N) is 4. The van der Waals surface area contributed by atoms with Crippen molar-refractivity contribution in [3.63, 3.8) is 0 Å². The van der Waals surface area contributed by atoms with Crippen LogP contribution in [0.2, 0.25) is 0 Å². The summed E-state index contributed by atoms with van der Waals surface area (Å²) in [6, 6.07) is 10.4. The van der Waals surface area contributed by atoms with Crippen LogP contribution in [0.25, 0.3) is 5.57 Å². The molecule has 5 aliphatic rings. The summed E-state index contributed by atoms with van der Waals surface area (Å²) in [5, 5.41) is 1.31. The minimum atomic E-state index is 0.648. The van der Waals surface area contributed by atoms with Crippen LogP contribution < -0.4 is 0 Å². The molecule has 1 aromatic carbocycles. The molecule has 0 fully saturated rings. The number of benzene rings is 1. The molecule has 0 saturated carbocycles. The number of rotatable bonds is 3. The van der Waals surface area contributed by atoms with Gasteiger partial charge in [-0.2, -0.15) is 0 Å². The lowest BCUT2D eigenvalue weighted by Crippen LogP contribution is -2.02. The maximum Gasteiger partial charge on any atom is 0.0737 e. The summed E-state index contributed by atoms with van der Waals surface area (Å²) in [6.45, 7) is 0. The van der Waals surface area contributed by atoms with Crippen LogP contribution >= 0.6 is 31.9 Å². The van der Waals surface area contributed by atoms with Gasteiger partial charge in [0, 0.05) is 27.4 Å². The van der Waals surface area contributed by atoms with E-state index in [1.54, 1.807) is 0 Å². The maximum atomic E-state index is 5.05. The first kappa shape index (κ1) is 21.3. The van der Waals surface area contributed by atoms with E-state index in [9.17, 15) is 0 Å². The summed E-state index contributed by atoms with van der Waals surface area (Å²) < 4.78 is 0. The van der Waals surface area contributed by atoms with Gasteiger partial charge in [0.25, 0.3) is 0 Å². The molecule has 0 aromatic heterocycles. The second-order valence-corrected chi connectivity index (χ2v) is 9.21. The van der Waals surface area contributed by atoms with Crippen molar-refractivity contribution in [2.75, 3.05) is 10.7 Å². The van der Waals surface area contributed by atoms with Gasteiger partial charge in [0.2, 0.25) is 0 Å². The molecule has 5 aliphatic heterocycles. The van der Waals surface area contributed by atoms with E-state index in [4.69, 9.17) is 20.0 Å². The van der Waals surface area contributed by atoms with E-state index >= 15 is 0 Å². The first-order valence-corrected chi connectivity index (χ1v) is 13.1. The summed E-state index contributed by atoms with van der Waals surface area (Å²) in [6.07, 6.45) is 18.4. The molecular weight excluding hydrogens is 552 g/mol. The predicted molar refractivity (Wildman–Crippen MR) is 149 cm³/mol. The van der Waals surface area contributed by atoms with Crippen LogP contribution in [0.15, 0.2) is 139 Å². The van der Waals surface area contributed by atoms with E-state index in [1.807, 2.05) is 60.7 Å². The standard InChI is InChI=1S/C28H18Br2N4/c29-15-22-24-9-6-18(31-24)12-19-7-10-26(32-19)23(16-30)28-14-21(17-4-2-1-3-5-17)27(34-28)13-20-8-11-25(22)33-20/h1-14H,15-16H2. The highest BCUT2D eigenvalue weighted by Gasteiger charge is 2.23. The van der Waals surface area contributed by atoms with Crippen LogP contribution in [0.3, 0.4) is 0 Å². The van der Waals surface area contributed by atoms with E-state index in [1.165, 1.54) is 0 Å². The number of hydrogen-bond acceptors (Lipinski definition) is 4. The molecule has 0 N–H and O–H groups in total. The summed E-state index contributed by atoms with van der Waals surface area (Å²) in [4.78, 5) is 19.6. The molecule has 1 aromatic rings. The number of fused-ring (bicyclic) bond motifs is 4. The SMILES string of the molecule is BrCC1=C2C=CC(=N2)C=C2N=C(C=C2c2ccccc2)C(CBr)=C2C=CC(=N2)C=C2C=CC1=N2. The normalized spacial score (nSPS) is 20.4. The van der Waals surface area contributed by atoms with E-state index in [-0.39, 0.29) is 0 Å². The van der Waals surface area contributed by atoms with Crippen molar-refractivity contribution < 1.29 is 0 Å². The Morgan fingerprint density at radius 2 is 1.26 bits per heavy atom. The Morgan fingerprint density at radius 1 is 0.588 bits per heavy atom. The van der Waals surface area contributed by atoms with Gasteiger partial charge in [-0.25, -0.2) is 20.0 Å². The number of alkyl halides is 2. The van der Waals surface area contributed by atoms with Crippen LogP contribution in [0.5, 0.6) is 0 Å². The van der Waals surface area contributed by atoms with Crippen LogP contribution in [0, 0.1) is 0 Å². The third-order valence-electron chi connectivity index (χ3n) is 5.95. The van der Waals surface area contributed by atoms with Gasteiger partial charge < -0.3 is 0 Å². The van der Waals surface area contributed by atoms with Crippen molar-refractivity contribution in [3.05, 3.63) is 125 Å². The van der Waals surface area contributed by atoms with E-state index in [0.29, 0.717) is 10.7 Å². The van der Waals surface area contributed by atoms with Crippen LogP contribution in [-0.4, -0.2) is 33.5 Å². The third-order valence-corrected chi connectivity index (χ3v) is 7.07. The minimum absolute atomic E-state index is 0.648. The van der Waals surface area contributed by atoms with Gasteiger partial charge in [-0.15, -0.1) is 0 Å².